The summed E-state index contributed by atoms with van der Waals surface area (Å²) in [4.78, 5) is 16.1. The number of anilines is 2. The summed E-state index contributed by atoms with van der Waals surface area (Å²) >= 11 is 12.0. The molecule has 0 radical (unpaired) electrons. The van der Waals surface area contributed by atoms with Gasteiger partial charge in [-0.05, 0) is 18.2 Å². The van der Waals surface area contributed by atoms with Crippen LogP contribution in [0.25, 0.3) is 0 Å². The Morgan fingerprint density at radius 1 is 1.32 bits per heavy atom. The van der Waals surface area contributed by atoms with E-state index in [1.165, 1.54) is 30.6 Å². The van der Waals surface area contributed by atoms with Crippen molar-refractivity contribution >= 4 is 57.2 Å². The minimum Gasteiger partial charge on any atom is -0.376 e. The fourth-order valence-corrected chi connectivity index (χ4v) is 3.00. The number of rotatable bonds is 6. The first-order valence-corrected chi connectivity index (χ1v) is 8.99. The van der Waals surface area contributed by atoms with Gasteiger partial charge >= 0.3 is 0 Å². The second-order valence-electron chi connectivity index (χ2n) is 4.73. The SMILES string of the molecule is C=NN(C(=O)CNc1cccc(S(N)(=O)=O)c1)c1c(Cl)cncc1Cl. The average molecular weight is 402 g/mol. The number of nitrogens with zero attached hydrogens (tertiary/aromatic N) is 3. The summed E-state index contributed by atoms with van der Waals surface area (Å²) in [6.07, 6.45) is 2.63. The van der Waals surface area contributed by atoms with Crippen LogP contribution >= 0.6 is 23.2 Å². The molecule has 0 fully saturated rings. The lowest BCUT2D eigenvalue weighted by Crippen LogP contribution is -2.31. The van der Waals surface area contributed by atoms with E-state index in [2.05, 4.69) is 22.1 Å². The van der Waals surface area contributed by atoms with Gasteiger partial charge in [0, 0.05) is 24.8 Å². The van der Waals surface area contributed by atoms with Crippen LogP contribution in [0, 0.1) is 0 Å². The minimum atomic E-state index is -3.84. The first-order chi connectivity index (χ1) is 11.7. The van der Waals surface area contributed by atoms with E-state index in [1.807, 2.05) is 0 Å². The number of nitrogens with two attached hydrogens (primary N) is 1. The summed E-state index contributed by atoms with van der Waals surface area (Å²) < 4.78 is 22.7. The topological polar surface area (TPSA) is 118 Å². The van der Waals surface area contributed by atoms with Crippen LogP contribution in [0.5, 0.6) is 0 Å². The molecular formula is C14H13Cl2N5O3S. The maximum Gasteiger partial charge on any atom is 0.266 e. The Morgan fingerprint density at radius 2 is 1.96 bits per heavy atom. The van der Waals surface area contributed by atoms with Crippen LogP contribution in [0.1, 0.15) is 0 Å². The summed E-state index contributed by atoms with van der Waals surface area (Å²) in [5.41, 5.74) is 0.536. The van der Waals surface area contributed by atoms with E-state index in [-0.39, 0.29) is 27.2 Å². The largest absolute Gasteiger partial charge is 0.376 e. The van der Waals surface area contributed by atoms with Gasteiger partial charge in [-0.15, -0.1) is 0 Å². The fraction of sp³-hybridized carbons (Fsp3) is 0.0714. The van der Waals surface area contributed by atoms with Crippen molar-refractivity contribution in [2.75, 3.05) is 16.9 Å². The molecule has 2 rings (SSSR count). The normalized spacial score (nSPS) is 11.0. The van der Waals surface area contributed by atoms with Gasteiger partial charge in [-0.2, -0.15) is 10.1 Å². The van der Waals surface area contributed by atoms with Crippen LogP contribution in [0.2, 0.25) is 10.0 Å². The number of hydrogen-bond donors (Lipinski definition) is 2. The molecule has 0 atom stereocenters. The number of hydrazone groups is 1. The number of halogens is 2. The van der Waals surface area contributed by atoms with Crippen LogP contribution in [0.4, 0.5) is 11.4 Å². The molecule has 0 spiro atoms. The minimum absolute atomic E-state index is 0.0797. The first-order valence-electron chi connectivity index (χ1n) is 6.69. The van der Waals surface area contributed by atoms with E-state index in [4.69, 9.17) is 28.3 Å². The summed E-state index contributed by atoms with van der Waals surface area (Å²) in [5.74, 6) is -0.522. The first kappa shape index (κ1) is 19.1. The number of nitrogens with one attached hydrogen (secondary N) is 1. The van der Waals surface area contributed by atoms with Gasteiger partial charge in [-0.3, -0.25) is 9.78 Å². The molecule has 1 amide bonds. The fourth-order valence-electron chi connectivity index (χ4n) is 1.92. The second kappa shape index (κ2) is 7.79. The molecule has 3 N–H and O–H groups in total. The highest BCUT2D eigenvalue weighted by Gasteiger charge is 2.20. The van der Waals surface area contributed by atoms with Crippen molar-refractivity contribution < 1.29 is 13.2 Å². The molecule has 1 heterocycles. The van der Waals surface area contributed by atoms with Gasteiger partial charge < -0.3 is 5.32 Å². The van der Waals surface area contributed by atoms with Crippen molar-refractivity contribution in [1.82, 2.24) is 4.98 Å². The number of sulfonamides is 1. The standard InChI is InChI=1S/C14H13Cl2N5O3S/c1-18-21(14-11(15)6-19-7-12(14)16)13(22)8-20-9-3-2-4-10(5-9)25(17,23)24/h2-7,20H,1,8H2,(H2,17,23,24). The molecule has 0 saturated carbocycles. The third-order valence-electron chi connectivity index (χ3n) is 3.02. The van der Waals surface area contributed by atoms with Crippen molar-refractivity contribution in [2.45, 2.75) is 4.90 Å². The van der Waals surface area contributed by atoms with Gasteiger partial charge in [0.15, 0.2) is 0 Å². The number of hydrogen-bond acceptors (Lipinski definition) is 6. The third-order valence-corrected chi connectivity index (χ3v) is 4.49. The second-order valence-corrected chi connectivity index (χ2v) is 7.10. The van der Waals surface area contributed by atoms with Gasteiger partial charge in [0.25, 0.3) is 5.91 Å². The Hall–Kier alpha value is -2.20. The Bertz CT molecular complexity index is 900. The van der Waals surface area contributed by atoms with Crippen molar-refractivity contribution in [1.29, 1.82) is 0 Å². The lowest BCUT2D eigenvalue weighted by Gasteiger charge is -2.19. The van der Waals surface area contributed by atoms with E-state index in [9.17, 15) is 13.2 Å². The van der Waals surface area contributed by atoms with Gasteiger partial charge in [0.2, 0.25) is 10.0 Å². The van der Waals surface area contributed by atoms with Crippen molar-refractivity contribution in [2.24, 2.45) is 10.2 Å². The van der Waals surface area contributed by atoms with E-state index < -0.39 is 15.9 Å². The Labute approximate surface area is 154 Å². The maximum atomic E-state index is 12.4. The molecule has 1 aromatic carbocycles. The zero-order valence-electron chi connectivity index (χ0n) is 12.7. The molecule has 132 valence electrons. The molecule has 2 aromatic rings. The van der Waals surface area contributed by atoms with E-state index >= 15 is 0 Å². The van der Waals surface area contributed by atoms with E-state index in [0.29, 0.717) is 5.69 Å². The number of carbonyl (C=O) groups is 1. The molecular weight excluding hydrogens is 389 g/mol. The number of aromatic nitrogens is 1. The Balaban J connectivity index is 2.18. The quantitative estimate of drug-likeness (QED) is 0.567. The molecule has 0 aliphatic carbocycles. The molecule has 0 aliphatic rings. The van der Waals surface area contributed by atoms with Crippen LogP contribution in [-0.2, 0) is 14.8 Å². The molecule has 1 aromatic heterocycles. The number of carbonyl (C=O) groups excluding carboxylic acids is 1. The van der Waals surface area contributed by atoms with Gasteiger partial charge in [0.1, 0.15) is 5.69 Å². The third kappa shape index (κ3) is 4.67. The highest BCUT2D eigenvalue weighted by atomic mass is 35.5. The number of primary sulfonamides is 1. The van der Waals surface area contributed by atoms with Crippen LogP contribution < -0.4 is 15.5 Å². The van der Waals surface area contributed by atoms with Crippen molar-refractivity contribution in [3.05, 3.63) is 46.7 Å². The van der Waals surface area contributed by atoms with Crippen LogP contribution in [0.15, 0.2) is 46.7 Å². The van der Waals surface area contributed by atoms with Gasteiger partial charge in [-0.1, -0.05) is 29.3 Å². The van der Waals surface area contributed by atoms with Crippen molar-refractivity contribution in [3.8, 4) is 0 Å². The molecule has 0 unspecified atom stereocenters. The average Bonchev–Trinajstić information content (AvgIpc) is 2.55. The lowest BCUT2D eigenvalue weighted by molar-refractivity contribution is -0.117. The number of pyridine rings is 1. The van der Waals surface area contributed by atoms with Crippen LogP contribution in [0.3, 0.4) is 0 Å². The zero-order valence-corrected chi connectivity index (χ0v) is 15.0. The summed E-state index contributed by atoms with van der Waals surface area (Å²) in [7, 11) is -3.84. The molecule has 25 heavy (non-hydrogen) atoms. The van der Waals surface area contributed by atoms with Gasteiger partial charge in [0.05, 0.1) is 21.5 Å². The molecule has 0 bridgehead atoms. The van der Waals surface area contributed by atoms with E-state index in [1.54, 1.807) is 6.07 Å². The number of amides is 1. The summed E-state index contributed by atoms with van der Waals surface area (Å²) in [6, 6.07) is 5.73. The molecule has 8 nitrogen and oxygen atoms in total. The smallest absolute Gasteiger partial charge is 0.266 e. The Morgan fingerprint density at radius 3 is 2.52 bits per heavy atom. The highest BCUT2D eigenvalue weighted by Crippen LogP contribution is 2.32. The molecule has 0 aliphatic heterocycles. The molecule has 11 heteroatoms. The summed E-state index contributed by atoms with van der Waals surface area (Å²) in [5, 5.41) is 12.7. The monoisotopic (exact) mass is 401 g/mol. The predicted octanol–water partition coefficient (Wildman–Crippen LogP) is 2.10. The Kier molecular flexibility index (Phi) is 5.96. The van der Waals surface area contributed by atoms with E-state index in [0.717, 1.165) is 5.01 Å². The highest BCUT2D eigenvalue weighted by molar-refractivity contribution is 7.89. The van der Waals surface area contributed by atoms with Gasteiger partial charge in [-0.25, -0.2) is 13.6 Å². The predicted molar refractivity (Wildman–Crippen MR) is 97.6 cm³/mol. The maximum absolute atomic E-state index is 12.4. The lowest BCUT2D eigenvalue weighted by atomic mass is 10.3. The van der Waals surface area contributed by atoms with Crippen molar-refractivity contribution in [3.63, 3.8) is 0 Å². The van der Waals surface area contributed by atoms with Crippen LogP contribution in [-0.4, -0.2) is 32.6 Å². The molecule has 0 saturated heterocycles. The number of benzene rings is 1. The zero-order chi connectivity index (χ0) is 18.6. The summed E-state index contributed by atoms with van der Waals surface area (Å²) in [6.45, 7) is 3.12.